The summed E-state index contributed by atoms with van der Waals surface area (Å²) in [7, 11) is -3.07. The second-order valence-corrected chi connectivity index (χ2v) is 5.81. The number of carboxylic acids is 1. The van der Waals surface area contributed by atoms with E-state index in [-0.39, 0.29) is 6.42 Å². The molecule has 0 atom stereocenters. The van der Waals surface area contributed by atoms with Gasteiger partial charge in [0, 0.05) is 13.0 Å². The lowest BCUT2D eigenvalue weighted by Crippen LogP contribution is -2.26. The summed E-state index contributed by atoms with van der Waals surface area (Å²) in [6.07, 6.45) is 4.70. The molecule has 0 saturated heterocycles. The zero-order valence-corrected chi connectivity index (χ0v) is 11.1. The van der Waals surface area contributed by atoms with E-state index in [4.69, 9.17) is 5.11 Å². The highest BCUT2D eigenvalue weighted by atomic mass is 32.2. The zero-order chi connectivity index (χ0) is 13.1. The molecule has 0 fully saturated rings. The van der Waals surface area contributed by atoms with Crippen LogP contribution in [0.15, 0.2) is 0 Å². The smallest absolute Gasteiger partial charge is 0.303 e. The van der Waals surface area contributed by atoms with Gasteiger partial charge in [0.15, 0.2) is 0 Å². The number of rotatable bonds is 11. The maximum absolute atomic E-state index is 10.7. The molecule has 17 heavy (non-hydrogen) atoms. The first-order chi connectivity index (χ1) is 7.92. The predicted molar refractivity (Wildman–Crippen MR) is 66.4 cm³/mol. The SMILES string of the molecule is CS(=O)(=O)NCCCNCCCCCC(=O)O. The fourth-order valence-electron chi connectivity index (χ4n) is 1.30. The number of hydrogen-bond acceptors (Lipinski definition) is 4. The van der Waals surface area contributed by atoms with Crippen LogP contribution in [0.2, 0.25) is 0 Å². The van der Waals surface area contributed by atoms with Gasteiger partial charge in [0.1, 0.15) is 0 Å². The molecule has 0 aromatic heterocycles. The van der Waals surface area contributed by atoms with Crippen molar-refractivity contribution in [2.24, 2.45) is 0 Å². The molecule has 7 heteroatoms. The van der Waals surface area contributed by atoms with Gasteiger partial charge in [-0.05, 0) is 32.4 Å². The average molecular weight is 266 g/mol. The second kappa shape index (κ2) is 9.38. The normalized spacial score (nSPS) is 11.6. The van der Waals surface area contributed by atoms with E-state index in [1.165, 1.54) is 0 Å². The van der Waals surface area contributed by atoms with Crippen LogP contribution in [0, 0.1) is 0 Å². The molecule has 0 heterocycles. The summed E-state index contributed by atoms with van der Waals surface area (Å²) >= 11 is 0. The number of carbonyl (C=O) groups is 1. The number of hydrogen-bond donors (Lipinski definition) is 3. The molecular weight excluding hydrogens is 244 g/mol. The first-order valence-electron chi connectivity index (χ1n) is 5.79. The molecule has 0 aliphatic rings. The van der Waals surface area contributed by atoms with Gasteiger partial charge in [0.2, 0.25) is 10.0 Å². The third-order valence-corrected chi connectivity index (χ3v) is 2.87. The van der Waals surface area contributed by atoms with E-state index in [1.54, 1.807) is 0 Å². The van der Waals surface area contributed by atoms with Gasteiger partial charge >= 0.3 is 5.97 Å². The predicted octanol–water partition coefficient (Wildman–Crippen LogP) is 0.160. The Kier molecular flexibility index (Phi) is 9.01. The topological polar surface area (TPSA) is 95.5 Å². The Labute approximate surface area is 103 Å². The Morgan fingerprint density at radius 1 is 1.06 bits per heavy atom. The molecule has 0 aliphatic heterocycles. The van der Waals surface area contributed by atoms with E-state index in [0.29, 0.717) is 13.0 Å². The number of nitrogens with one attached hydrogen (secondary N) is 2. The molecule has 0 aliphatic carbocycles. The number of aliphatic carboxylic acids is 1. The Balaban J connectivity index is 3.11. The van der Waals surface area contributed by atoms with Crippen LogP contribution in [-0.2, 0) is 14.8 Å². The first-order valence-corrected chi connectivity index (χ1v) is 7.68. The highest BCUT2D eigenvalue weighted by Gasteiger charge is 1.98. The lowest BCUT2D eigenvalue weighted by Gasteiger charge is -2.04. The van der Waals surface area contributed by atoms with Crippen LogP contribution >= 0.6 is 0 Å². The summed E-state index contributed by atoms with van der Waals surface area (Å²) in [5, 5.41) is 11.6. The van der Waals surface area contributed by atoms with Crippen molar-refractivity contribution in [2.75, 3.05) is 25.9 Å². The third kappa shape index (κ3) is 15.3. The first kappa shape index (κ1) is 16.3. The van der Waals surface area contributed by atoms with Crippen LogP contribution < -0.4 is 10.0 Å². The quantitative estimate of drug-likeness (QED) is 0.463. The number of carboxylic acid groups (broad SMARTS) is 1. The summed E-state index contributed by atoms with van der Waals surface area (Å²) in [5.41, 5.74) is 0. The Morgan fingerprint density at radius 3 is 2.29 bits per heavy atom. The van der Waals surface area contributed by atoms with Crippen molar-refractivity contribution in [3.8, 4) is 0 Å². The van der Waals surface area contributed by atoms with E-state index in [1.807, 2.05) is 0 Å². The Bertz CT molecular complexity index is 303. The van der Waals surface area contributed by atoms with Crippen LogP contribution in [0.25, 0.3) is 0 Å². The lowest BCUT2D eigenvalue weighted by molar-refractivity contribution is -0.137. The van der Waals surface area contributed by atoms with Crippen LogP contribution in [-0.4, -0.2) is 45.4 Å². The van der Waals surface area contributed by atoms with Gasteiger partial charge < -0.3 is 10.4 Å². The monoisotopic (exact) mass is 266 g/mol. The molecule has 102 valence electrons. The van der Waals surface area contributed by atoms with Crippen molar-refractivity contribution < 1.29 is 18.3 Å². The summed E-state index contributed by atoms with van der Waals surface area (Å²) in [6, 6.07) is 0. The van der Waals surface area contributed by atoms with Crippen molar-refractivity contribution in [2.45, 2.75) is 32.1 Å². The summed E-state index contributed by atoms with van der Waals surface area (Å²) < 4.78 is 23.8. The van der Waals surface area contributed by atoms with Crippen LogP contribution in [0.1, 0.15) is 32.1 Å². The molecule has 6 nitrogen and oxygen atoms in total. The molecule has 0 bridgehead atoms. The zero-order valence-electron chi connectivity index (χ0n) is 10.2. The number of sulfonamides is 1. The van der Waals surface area contributed by atoms with Crippen LogP contribution in [0.3, 0.4) is 0 Å². The molecule has 0 amide bonds. The van der Waals surface area contributed by atoms with Crippen molar-refractivity contribution in [3.63, 3.8) is 0 Å². The van der Waals surface area contributed by atoms with Gasteiger partial charge in [-0.15, -0.1) is 0 Å². The summed E-state index contributed by atoms with van der Waals surface area (Å²) in [6.45, 7) is 2.06. The molecule has 0 saturated carbocycles. The van der Waals surface area contributed by atoms with E-state index in [9.17, 15) is 13.2 Å². The third-order valence-electron chi connectivity index (χ3n) is 2.14. The highest BCUT2D eigenvalue weighted by Crippen LogP contribution is 1.98. The van der Waals surface area contributed by atoms with Crippen LogP contribution in [0.5, 0.6) is 0 Å². The van der Waals surface area contributed by atoms with Crippen molar-refractivity contribution in [3.05, 3.63) is 0 Å². The largest absolute Gasteiger partial charge is 0.481 e. The summed E-state index contributed by atoms with van der Waals surface area (Å²) in [4.78, 5) is 10.2. The summed E-state index contributed by atoms with van der Waals surface area (Å²) in [5.74, 6) is -0.746. The van der Waals surface area contributed by atoms with Gasteiger partial charge in [-0.3, -0.25) is 4.79 Å². The molecule has 0 rings (SSSR count). The fraction of sp³-hybridized carbons (Fsp3) is 0.900. The lowest BCUT2D eigenvalue weighted by atomic mass is 10.2. The molecule has 0 unspecified atom stereocenters. The molecule has 3 N–H and O–H groups in total. The molecule has 0 aromatic rings. The van der Waals surface area contributed by atoms with E-state index < -0.39 is 16.0 Å². The minimum atomic E-state index is -3.07. The fourth-order valence-corrected chi connectivity index (χ4v) is 1.81. The number of unbranched alkanes of at least 4 members (excludes halogenated alkanes) is 2. The molecule has 0 aromatic carbocycles. The molecule has 0 spiro atoms. The van der Waals surface area contributed by atoms with Crippen molar-refractivity contribution in [1.29, 1.82) is 0 Å². The maximum atomic E-state index is 10.7. The van der Waals surface area contributed by atoms with Crippen LogP contribution in [0.4, 0.5) is 0 Å². The Hall–Kier alpha value is -0.660. The Morgan fingerprint density at radius 2 is 1.71 bits per heavy atom. The minimum Gasteiger partial charge on any atom is -0.481 e. The minimum absolute atomic E-state index is 0.234. The van der Waals surface area contributed by atoms with E-state index >= 15 is 0 Å². The van der Waals surface area contributed by atoms with Gasteiger partial charge in [-0.25, -0.2) is 13.1 Å². The standard InChI is InChI=1S/C10H22N2O4S/c1-17(15,16)12-9-5-8-11-7-4-2-3-6-10(13)14/h11-12H,2-9H2,1H3,(H,13,14). The average Bonchev–Trinajstić information content (AvgIpc) is 2.18. The van der Waals surface area contributed by atoms with Gasteiger partial charge in [-0.1, -0.05) is 6.42 Å². The van der Waals surface area contributed by atoms with E-state index in [0.717, 1.165) is 38.6 Å². The maximum Gasteiger partial charge on any atom is 0.303 e. The van der Waals surface area contributed by atoms with Crippen molar-refractivity contribution in [1.82, 2.24) is 10.0 Å². The highest BCUT2D eigenvalue weighted by molar-refractivity contribution is 7.88. The van der Waals surface area contributed by atoms with Gasteiger partial charge in [-0.2, -0.15) is 0 Å². The van der Waals surface area contributed by atoms with Gasteiger partial charge in [0.25, 0.3) is 0 Å². The van der Waals surface area contributed by atoms with Gasteiger partial charge in [0.05, 0.1) is 6.26 Å². The van der Waals surface area contributed by atoms with E-state index in [2.05, 4.69) is 10.0 Å². The molecular formula is C10H22N2O4S. The second-order valence-electron chi connectivity index (χ2n) is 3.97. The molecule has 0 radical (unpaired) electrons. The van der Waals surface area contributed by atoms with Crippen molar-refractivity contribution >= 4 is 16.0 Å².